The quantitative estimate of drug-likeness (QED) is 0.0149. The average molecular weight is 1360 g/mol. The smallest absolute Gasteiger partial charge is 0.271 e. The largest absolute Gasteiger partial charge is 1.00 e. The van der Waals surface area contributed by atoms with E-state index >= 15 is 0 Å². The van der Waals surface area contributed by atoms with Crippen molar-refractivity contribution in [3.8, 4) is 11.4 Å². The third-order valence-corrected chi connectivity index (χ3v) is 10.4. The lowest BCUT2D eigenvalue weighted by Crippen LogP contribution is -3.00. The maximum Gasteiger partial charge on any atom is 0.271 e. The fraction of sp³-hybridized carbons (Fsp3) is 0.0233. The predicted octanol–water partition coefficient (Wildman–Crippen LogP) is 9.58. The summed E-state index contributed by atoms with van der Waals surface area (Å²) < 4.78 is 58.0. The number of nitrogens with two attached hydrogens (primary N) is 1. The summed E-state index contributed by atoms with van der Waals surface area (Å²) in [5.74, 6) is -2.04. The van der Waals surface area contributed by atoms with E-state index in [1.807, 2.05) is 6.07 Å². The minimum atomic E-state index is -0.738. The van der Waals surface area contributed by atoms with Crippen LogP contribution in [0.1, 0.15) is 26.3 Å². The fourth-order valence-corrected chi connectivity index (χ4v) is 6.84. The third kappa shape index (κ3) is 15.9. The van der Waals surface area contributed by atoms with Crippen LogP contribution in [-0.4, -0.2) is 61.9 Å². The number of carbonyl (C=O) groups excluding carboxylic acids is 2. The molecule has 6 heterocycles. The number of rotatable bonds is 7. The van der Waals surface area contributed by atoms with Crippen LogP contribution in [-0.2, 0) is 0 Å². The van der Waals surface area contributed by atoms with Crippen LogP contribution in [0.3, 0.4) is 0 Å². The first-order valence-electron chi connectivity index (χ1n) is 19.1. The molecule has 0 fully saturated rings. The van der Waals surface area contributed by atoms with Crippen LogP contribution in [0.25, 0.3) is 43.9 Å². The first kappa shape index (κ1) is 57.4. The highest BCUT2D eigenvalue weighted by Gasteiger charge is 2.15. The van der Waals surface area contributed by atoms with Crippen molar-refractivity contribution in [2.45, 2.75) is 6.92 Å². The normalized spacial score (nSPS) is 10.0. The molecule has 0 radical (unpaired) electrons. The number of azide groups is 1. The zero-order valence-corrected chi connectivity index (χ0v) is 44.4. The molecule has 9 rings (SSSR count). The highest BCUT2D eigenvalue weighted by Crippen LogP contribution is 2.25. The monoisotopic (exact) mass is 1350 g/mol. The number of aldehydes is 2. The molecule has 20 nitrogen and oxygen atoms in total. The number of fused-ring (bicyclic) bond motifs is 2. The number of hydrogen-bond donors (Lipinski definition) is 1. The van der Waals surface area contributed by atoms with Gasteiger partial charge < -0.3 is 29.7 Å². The molecule has 0 amide bonds. The summed E-state index contributed by atoms with van der Waals surface area (Å²) >= 11 is 12.8. The zero-order chi connectivity index (χ0) is 51.9. The molecule has 0 aliphatic carbocycles. The number of nitro benzene ring substituents is 2. The number of nitro groups is 2. The number of carbonyl (C=O) groups is 2. The van der Waals surface area contributed by atoms with E-state index < -0.39 is 27.4 Å². The van der Waals surface area contributed by atoms with Gasteiger partial charge in [0.2, 0.25) is 5.95 Å². The number of pyridine rings is 4. The van der Waals surface area contributed by atoms with Gasteiger partial charge in [0, 0.05) is 106 Å². The van der Waals surface area contributed by atoms with Gasteiger partial charge in [0.25, 0.3) is 11.4 Å². The lowest BCUT2D eigenvalue weighted by atomic mass is 10.2. The SMILES string of the molecule is Cc1cc([N+](=O)[O-])ccc1F.Nc1ccc(F)c(-n2cc3cc(Br)cnc3n2)c1.O=Cc1cc(Br)cnc1F.O=[N+]([O-])c1ccc(F)c(-n2cc3cc(Br)cnc3n2)c1.[I-].[N-]=[N+]=Nc1ncc(Br)cc1C=O. The van der Waals surface area contributed by atoms with Crippen molar-refractivity contribution in [2.75, 3.05) is 5.73 Å². The van der Waals surface area contributed by atoms with Crippen LogP contribution in [0, 0.1) is 50.6 Å². The van der Waals surface area contributed by atoms with Gasteiger partial charge in [-0.05, 0) is 141 Å². The molecule has 9 aromatic rings. The first-order chi connectivity index (χ1) is 33.8. The maximum absolute atomic E-state index is 13.8. The standard InChI is InChI=1S/C12H6BrFN4O2.C12H8BrFN4.C7H6FNO2.C6H3BrFNO.C6H3BrN4O.HI/c13-8-3-7-6-17(16-12(7)15-5-8)11-4-9(18(19)20)1-2-10(11)14;13-8-3-7-6-18(17-12(7)16-5-8)11-4-9(15)1-2-10(11)14;1-5-4-6(9(10)11)2-3-7(5)8;7-5-1-4(3-10)6(8)9-2-5;7-5-1-4(3-12)6(9-2-5)10-11-8;/h1-6H;1-6H,15H2;2-4H,1H3;1-3H;1-3H;1H/p-1. The number of hydrogen-bond acceptors (Lipinski definition) is 14. The van der Waals surface area contributed by atoms with E-state index in [2.05, 4.69) is 104 Å². The minimum Gasteiger partial charge on any atom is -1.00 e. The Bertz CT molecular complexity index is 3520. The van der Waals surface area contributed by atoms with Gasteiger partial charge in [-0.15, -0.1) is 10.2 Å². The van der Waals surface area contributed by atoms with Crippen LogP contribution in [0.5, 0.6) is 0 Å². The Labute approximate surface area is 452 Å². The molecule has 0 spiro atoms. The summed E-state index contributed by atoms with van der Waals surface area (Å²) in [6.45, 7) is 1.49. The van der Waals surface area contributed by atoms with E-state index in [9.17, 15) is 47.4 Å². The summed E-state index contributed by atoms with van der Waals surface area (Å²) in [5, 5.41) is 34.0. The molecule has 29 heteroatoms. The van der Waals surface area contributed by atoms with Crippen LogP contribution >= 0.6 is 63.7 Å². The van der Waals surface area contributed by atoms with Gasteiger partial charge in [-0.3, -0.25) is 34.8 Å². The maximum atomic E-state index is 13.8. The van der Waals surface area contributed by atoms with E-state index in [0.29, 0.717) is 55.1 Å². The minimum absolute atomic E-state index is 0. The van der Waals surface area contributed by atoms with Crippen LogP contribution < -0.4 is 29.7 Å². The molecular formula is C43H26Br4F4IN14O6-. The van der Waals surface area contributed by atoms with E-state index in [1.54, 1.807) is 30.9 Å². The summed E-state index contributed by atoms with van der Waals surface area (Å²) in [5.41, 5.74) is 15.8. The highest BCUT2D eigenvalue weighted by molar-refractivity contribution is 9.11. The van der Waals surface area contributed by atoms with Gasteiger partial charge in [-0.2, -0.15) is 4.39 Å². The second-order valence-electron chi connectivity index (χ2n) is 13.6. The summed E-state index contributed by atoms with van der Waals surface area (Å²) in [6.07, 6.45) is 10.3. The van der Waals surface area contributed by atoms with Crippen molar-refractivity contribution < 1.29 is 61.0 Å². The second kappa shape index (κ2) is 26.9. The lowest BCUT2D eigenvalue weighted by Gasteiger charge is -2.03. The number of aryl methyl sites for hydroxylation is 1. The van der Waals surface area contributed by atoms with Crippen molar-refractivity contribution in [1.82, 2.24) is 39.5 Å². The molecule has 0 aliphatic rings. The molecule has 0 atom stereocenters. The topological polar surface area (TPSA) is 282 Å². The van der Waals surface area contributed by atoms with Crippen molar-refractivity contribution >= 4 is 121 Å². The number of halogens is 9. The van der Waals surface area contributed by atoms with E-state index in [-0.39, 0.29) is 63.8 Å². The van der Waals surface area contributed by atoms with Crippen molar-refractivity contribution in [3.05, 3.63) is 205 Å². The Morgan fingerprint density at radius 1 is 0.639 bits per heavy atom. The van der Waals surface area contributed by atoms with Crippen molar-refractivity contribution in [3.63, 3.8) is 0 Å². The number of non-ortho nitro benzene ring substituents is 2. The number of nitrogen functional groups attached to an aromatic ring is 1. The highest BCUT2D eigenvalue weighted by atomic mass is 127. The van der Waals surface area contributed by atoms with E-state index in [4.69, 9.17) is 11.3 Å². The number of benzene rings is 3. The second-order valence-corrected chi connectivity index (χ2v) is 17.3. The van der Waals surface area contributed by atoms with Gasteiger partial charge in [0.1, 0.15) is 34.6 Å². The molecule has 0 saturated heterocycles. The van der Waals surface area contributed by atoms with Gasteiger partial charge in [0.05, 0.1) is 15.4 Å². The Hall–Kier alpha value is -7.18. The molecule has 368 valence electrons. The van der Waals surface area contributed by atoms with Crippen LogP contribution in [0.15, 0.2) is 139 Å². The molecular weight excluding hydrogens is 1330 g/mol. The molecule has 0 unspecified atom stereocenters. The molecule has 0 bridgehead atoms. The van der Waals surface area contributed by atoms with E-state index in [1.165, 1.54) is 65.1 Å². The lowest BCUT2D eigenvalue weighted by molar-refractivity contribution is -0.385. The Kier molecular flexibility index (Phi) is 21.4. The summed E-state index contributed by atoms with van der Waals surface area (Å²) in [4.78, 5) is 58.1. The molecule has 6 aromatic heterocycles. The third-order valence-electron chi connectivity index (χ3n) is 8.70. The first-order valence-corrected chi connectivity index (χ1v) is 22.3. The Morgan fingerprint density at radius 3 is 1.57 bits per heavy atom. The van der Waals surface area contributed by atoms with Crippen molar-refractivity contribution in [1.29, 1.82) is 0 Å². The van der Waals surface area contributed by atoms with Gasteiger partial charge in [-0.1, -0.05) is 0 Å². The number of aromatic nitrogens is 8. The van der Waals surface area contributed by atoms with Crippen LogP contribution in [0.4, 0.5) is 40.4 Å². The van der Waals surface area contributed by atoms with Gasteiger partial charge >= 0.3 is 0 Å². The van der Waals surface area contributed by atoms with Crippen molar-refractivity contribution in [2.24, 2.45) is 5.11 Å². The molecule has 3 aromatic carbocycles. The Balaban J connectivity index is 0.000000200. The summed E-state index contributed by atoms with van der Waals surface area (Å²) in [6, 6.07) is 17.6. The van der Waals surface area contributed by atoms with E-state index in [0.717, 1.165) is 44.7 Å². The molecule has 72 heavy (non-hydrogen) atoms. The van der Waals surface area contributed by atoms with Gasteiger partial charge in [-0.25, -0.2) is 37.5 Å². The molecule has 0 saturated carbocycles. The zero-order valence-electron chi connectivity index (χ0n) is 35.9. The Morgan fingerprint density at radius 2 is 1.08 bits per heavy atom. The van der Waals surface area contributed by atoms with Gasteiger partial charge in [0.15, 0.2) is 23.9 Å². The predicted molar refractivity (Wildman–Crippen MR) is 265 cm³/mol. The summed E-state index contributed by atoms with van der Waals surface area (Å²) in [7, 11) is 0. The fourth-order valence-electron chi connectivity index (χ4n) is 5.44. The molecule has 2 N–H and O–H groups in total. The number of nitrogens with zero attached hydrogens (tertiary/aromatic N) is 13. The average Bonchev–Trinajstić information content (AvgIpc) is 3.97. The molecule has 0 aliphatic heterocycles. The van der Waals surface area contributed by atoms with Crippen LogP contribution in [0.2, 0.25) is 0 Å². The number of anilines is 1.